The Balaban J connectivity index is 2.11. The lowest BCUT2D eigenvalue weighted by Crippen LogP contribution is -2.51. The van der Waals surface area contributed by atoms with Gasteiger partial charge in [-0.05, 0) is 25.0 Å². The lowest BCUT2D eigenvalue weighted by Gasteiger charge is -2.29. The van der Waals surface area contributed by atoms with E-state index >= 15 is 0 Å². The Hall–Kier alpha value is -1.88. The smallest absolute Gasteiger partial charge is 0.308 e. The second kappa shape index (κ2) is 7.22. The number of hydrogen-bond acceptors (Lipinski definition) is 4. The number of benzene rings is 1. The molecule has 0 bridgehead atoms. The zero-order valence-corrected chi connectivity index (χ0v) is 12.5. The van der Waals surface area contributed by atoms with Crippen LogP contribution < -0.4 is 10.6 Å². The predicted octanol–water partition coefficient (Wildman–Crippen LogP) is 1.32. The van der Waals surface area contributed by atoms with Crippen molar-refractivity contribution in [3.05, 3.63) is 35.4 Å². The first-order chi connectivity index (χ1) is 10.1. The number of rotatable bonds is 6. The van der Waals surface area contributed by atoms with Crippen molar-refractivity contribution in [2.75, 3.05) is 19.7 Å². The summed E-state index contributed by atoms with van der Waals surface area (Å²) in [4.78, 5) is 23.9. The average molecular weight is 290 g/mol. The molecule has 0 spiro atoms. The fraction of sp³-hybridized carbons (Fsp3) is 0.500. The molecule has 2 rings (SSSR count). The van der Waals surface area contributed by atoms with Crippen LogP contribution in [0.25, 0.3) is 0 Å². The van der Waals surface area contributed by atoms with Gasteiger partial charge in [0.25, 0.3) is 0 Å². The van der Waals surface area contributed by atoms with Crippen molar-refractivity contribution in [3.63, 3.8) is 0 Å². The van der Waals surface area contributed by atoms with Gasteiger partial charge in [0.1, 0.15) is 0 Å². The fourth-order valence-corrected chi connectivity index (χ4v) is 2.37. The normalized spacial score (nSPS) is 15.9. The number of nitrogens with one attached hydrogen (secondary N) is 2. The third-order valence-corrected chi connectivity index (χ3v) is 3.71. The summed E-state index contributed by atoms with van der Waals surface area (Å²) in [5.41, 5.74) is 2.02. The third-order valence-electron chi connectivity index (χ3n) is 3.71. The first-order valence-electron chi connectivity index (χ1n) is 7.34. The highest BCUT2D eigenvalue weighted by Crippen LogP contribution is 2.22. The van der Waals surface area contributed by atoms with Crippen molar-refractivity contribution in [2.45, 2.75) is 26.3 Å². The second-order valence-corrected chi connectivity index (χ2v) is 5.28. The Labute approximate surface area is 125 Å². The van der Waals surface area contributed by atoms with E-state index in [-0.39, 0.29) is 30.3 Å². The molecule has 1 unspecified atom stereocenters. The molecule has 0 aliphatic carbocycles. The summed E-state index contributed by atoms with van der Waals surface area (Å²) in [5, 5.41) is 6.06. The van der Waals surface area contributed by atoms with Gasteiger partial charge in [-0.1, -0.05) is 24.3 Å². The number of esters is 1. The first kappa shape index (κ1) is 15.5. The van der Waals surface area contributed by atoms with E-state index < -0.39 is 0 Å². The van der Waals surface area contributed by atoms with E-state index in [1.54, 1.807) is 6.92 Å². The van der Waals surface area contributed by atoms with Crippen molar-refractivity contribution in [1.29, 1.82) is 0 Å². The lowest BCUT2D eigenvalue weighted by atomic mass is 9.96. The predicted molar refractivity (Wildman–Crippen MR) is 79.7 cm³/mol. The maximum atomic E-state index is 12.2. The maximum Gasteiger partial charge on any atom is 0.308 e. The van der Waals surface area contributed by atoms with Gasteiger partial charge >= 0.3 is 5.97 Å². The van der Waals surface area contributed by atoms with E-state index in [1.165, 1.54) is 0 Å². The van der Waals surface area contributed by atoms with Crippen LogP contribution in [0.1, 0.15) is 30.5 Å². The Morgan fingerprint density at radius 3 is 2.67 bits per heavy atom. The molecule has 1 fully saturated rings. The zero-order chi connectivity index (χ0) is 15.2. The number of carbonyl (C=O) groups is 2. The standard InChI is InChI=1S/C16H22N2O3/c1-3-21-15(19)8-14(13-7-5-4-6-11(13)2)18-16(20)12-9-17-10-12/h4-7,12,14,17H,3,8-10H2,1-2H3,(H,18,20). The fourth-order valence-electron chi connectivity index (χ4n) is 2.37. The molecule has 0 radical (unpaired) electrons. The van der Waals surface area contributed by atoms with E-state index in [0.717, 1.165) is 11.1 Å². The molecule has 0 aromatic heterocycles. The largest absolute Gasteiger partial charge is 0.466 e. The van der Waals surface area contributed by atoms with Gasteiger partial charge in [0.05, 0.1) is 25.0 Å². The zero-order valence-electron chi connectivity index (χ0n) is 12.5. The van der Waals surface area contributed by atoms with Gasteiger partial charge < -0.3 is 15.4 Å². The summed E-state index contributed by atoms with van der Waals surface area (Å²) in [6.07, 6.45) is 0.157. The highest BCUT2D eigenvalue weighted by atomic mass is 16.5. The van der Waals surface area contributed by atoms with Gasteiger partial charge in [-0.25, -0.2) is 0 Å². The van der Waals surface area contributed by atoms with Gasteiger partial charge in [0, 0.05) is 13.1 Å². The molecular formula is C16H22N2O3. The molecule has 5 heteroatoms. The molecule has 114 valence electrons. The molecule has 1 saturated heterocycles. The lowest BCUT2D eigenvalue weighted by molar-refractivity contribution is -0.144. The van der Waals surface area contributed by atoms with Crippen LogP contribution in [0.3, 0.4) is 0 Å². The van der Waals surface area contributed by atoms with E-state index in [9.17, 15) is 9.59 Å². The van der Waals surface area contributed by atoms with Crippen molar-refractivity contribution in [2.24, 2.45) is 5.92 Å². The van der Waals surface area contributed by atoms with E-state index in [2.05, 4.69) is 10.6 Å². The molecule has 1 atom stereocenters. The number of aryl methyl sites for hydroxylation is 1. The topological polar surface area (TPSA) is 67.4 Å². The summed E-state index contributed by atoms with van der Waals surface area (Å²) < 4.78 is 5.01. The average Bonchev–Trinajstić information content (AvgIpc) is 2.36. The van der Waals surface area contributed by atoms with Crippen LogP contribution >= 0.6 is 0 Å². The molecule has 1 amide bonds. The summed E-state index contributed by atoms with van der Waals surface area (Å²) in [7, 11) is 0. The minimum Gasteiger partial charge on any atom is -0.466 e. The minimum absolute atomic E-state index is 0.00119. The van der Waals surface area contributed by atoms with Crippen molar-refractivity contribution in [1.82, 2.24) is 10.6 Å². The molecule has 21 heavy (non-hydrogen) atoms. The Kier molecular flexibility index (Phi) is 5.33. The second-order valence-electron chi connectivity index (χ2n) is 5.28. The summed E-state index contributed by atoms with van der Waals surface area (Å²) in [5.74, 6) is -0.303. The minimum atomic E-state index is -0.335. The number of amides is 1. The van der Waals surface area contributed by atoms with Crippen LogP contribution in [-0.4, -0.2) is 31.6 Å². The Morgan fingerprint density at radius 2 is 2.10 bits per heavy atom. The molecule has 2 N–H and O–H groups in total. The molecular weight excluding hydrogens is 268 g/mol. The third kappa shape index (κ3) is 4.04. The number of carbonyl (C=O) groups excluding carboxylic acids is 2. The summed E-state index contributed by atoms with van der Waals surface area (Å²) in [6, 6.07) is 7.44. The molecule has 0 saturated carbocycles. The SMILES string of the molecule is CCOC(=O)CC(NC(=O)C1CNC1)c1ccccc1C. The molecule has 5 nitrogen and oxygen atoms in total. The van der Waals surface area contributed by atoms with Crippen LogP contribution in [0.2, 0.25) is 0 Å². The highest BCUT2D eigenvalue weighted by Gasteiger charge is 2.28. The van der Waals surface area contributed by atoms with Crippen LogP contribution in [0.15, 0.2) is 24.3 Å². The van der Waals surface area contributed by atoms with Gasteiger partial charge in [-0.3, -0.25) is 9.59 Å². The Morgan fingerprint density at radius 1 is 1.38 bits per heavy atom. The van der Waals surface area contributed by atoms with E-state index in [0.29, 0.717) is 19.7 Å². The van der Waals surface area contributed by atoms with Crippen molar-refractivity contribution < 1.29 is 14.3 Å². The Bertz CT molecular complexity index is 512. The first-order valence-corrected chi connectivity index (χ1v) is 7.34. The van der Waals surface area contributed by atoms with Gasteiger partial charge in [0.15, 0.2) is 0 Å². The molecule has 1 aromatic rings. The molecule has 1 heterocycles. The molecule has 1 aliphatic rings. The quantitative estimate of drug-likeness (QED) is 0.776. The molecule has 1 aromatic carbocycles. The van der Waals surface area contributed by atoms with Crippen molar-refractivity contribution in [3.8, 4) is 0 Å². The van der Waals surface area contributed by atoms with Gasteiger partial charge in [-0.15, -0.1) is 0 Å². The van der Waals surface area contributed by atoms with Crippen LogP contribution in [0, 0.1) is 12.8 Å². The van der Waals surface area contributed by atoms with Gasteiger partial charge in [0.2, 0.25) is 5.91 Å². The van der Waals surface area contributed by atoms with Crippen LogP contribution in [0.5, 0.6) is 0 Å². The van der Waals surface area contributed by atoms with Crippen LogP contribution in [0.4, 0.5) is 0 Å². The van der Waals surface area contributed by atoms with Crippen LogP contribution in [-0.2, 0) is 14.3 Å². The van der Waals surface area contributed by atoms with Gasteiger partial charge in [-0.2, -0.15) is 0 Å². The summed E-state index contributed by atoms with van der Waals surface area (Å²) >= 11 is 0. The maximum absolute atomic E-state index is 12.2. The number of ether oxygens (including phenoxy) is 1. The number of hydrogen-bond donors (Lipinski definition) is 2. The van der Waals surface area contributed by atoms with E-state index in [4.69, 9.17) is 4.74 Å². The summed E-state index contributed by atoms with van der Waals surface area (Å²) in [6.45, 7) is 5.50. The monoisotopic (exact) mass is 290 g/mol. The van der Waals surface area contributed by atoms with E-state index in [1.807, 2.05) is 31.2 Å². The molecule has 1 aliphatic heterocycles. The van der Waals surface area contributed by atoms with Crippen molar-refractivity contribution >= 4 is 11.9 Å². The highest BCUT2D eigenvalue weighted by molar-refractivity contribution is 5.81.